The molecule has 0 aromatic carbocycles. The Labute approximate surface area is 94.4 Å². The molecule has 0 aliphatic carbocycles. The molecule has 0 bridgehead atoms. The number of nitrogens with zero attached hydrogens (tertiary/aromatic N) is 2. The van der Waals surface area contributed by atoms with E-state index in [1.165, 1.54) is 7.11 Å². The van der Waals surface area contributed by atoms with Crippen molar-refractivity contribution < 1.29 is 9.53 Å². The molecule has 2 aromatic heterocycles. The molecule has 2 heterocycles. The highest BCUT2D eigenvalue weighted by atomic mass is 79.9. The van der Waals surface area contributed by atoms with Gasteiger partial charge in [0.2, 0.25) is 0 Å². The number of fused-ring (bicyclic) bond motifs is 1. The normalized spacial score (nSPS) is 10.3. The van der Waals surface area contributed by atoms with E-state index in [1.807, 2.05) is 12.1 Å². The predicted molar refractivity (Wildman–Crippen MR) is 58.6 cm³/mol. The standard InChI is InChI=1S/C10H7BrN2O2/c1-15-10(14)8-5-7-6(9(11)13-8)3-2-4-12-7/h2-5H,1H3. The van der Waals surface area contributed by atoms with Crippen LogP contribution >= 0.6 is 15.9 Å². The van der Waals surface area contributed by atoms with Crippen molar-refractivity contribution in [1.82, 2.24) is 9.97 Å². The topological polar surface area (TPSA) is 52.1 Å². The quantitative estimate of drug-likeness (QED) is 0.587. The molecule has 0 N–H and O–H groups in total. The summed E-state index contributed by atoms with van der Waals surface area (Å²) in [6, 6.07) is 5.29. The summed E-state index contributed by atoms with van der Waals surface area (Å²) in [6.07, 6.45) is 1.66. The molecule has 0 radical (unpaired) electrons. The smallest absolute Gasteiger partial charge is 0.356 e. The van der Waals surface area contributed by atoms with Crippen LogP contribution in [0.25, 0.3) is 10.9 Å². The van der Waals surface area contributed by atoms with Crippen LogP contribution in [0.4, 0.5) is 0 Å². The average Bonchev–Trinajstić information content (AvgIpc) is 2.28. The molecule has 0 aliphatic heterocycles. The van der Waals surface area contributed by atoms with E-state index < -0.39 is 5.97 Å². The lowest BCUT2D eigenvalue weighted by Gasteiger charge is -2.02. The van der Waals surface area contributed by atoms with Gasteiger partial charge in [-0.25, -0.2) is 9.78 Å². The van der Waals surface area contributed by atoms with E-state index in [1.54, 1.807) is 12.3 Å². The van der Waals surface area contributed by atoms with Crippen LogP contribution in [0, 0.1) is 0 Å². The predicted octanol–water partition coefficient (Wildman–Crippen LogP) is 2.18. The lowest BCUT2D eigenvalue weighted by atomic mass is 10.2. The Balaban J connectivity index is 2.67. The van der Waals surface area contributed by atoms with Crippen molar-refractivity contribution in [3.8, 4) is 0 Å². The number of ether oxygens (including phenoxy) is 1. The number of hydrogen-bond donors (Lipinski definition) is 0. The van der Waals surface area contributed by atoms with Crippen LogP contribution in [0.15, 0.2) is 29.0 Å². The number of rotatable bonds is 1. The Morgan fingerprint density at radius 1 is 1.53 bits per heavy atom. The third-order valence-electron chi connectivity index (χ3n) is 1.95. The molecule has 15 heavy (non-hydrogen) atoms. The minimum absolute atomic E-state index is 0.246. The van der Waals surface area contributed by atoms with Crippen LogP contribution in [-0.2, 0) is 4.74 Å². The van der Waals surface area contributed by atoms with Crippen molar-refractivity contribution in [2.45, 2.75) is 0 Å². The fourth-order valence-corrected chi connectivity index (χ4v) is 1.77. The second-order valence-electron chi connectivity index (χ2n) is 2.86. The number of aromatic nitrogens is 2. The van der Waals surface area contributed by atoms with E-state index in [9.17, 15) is 4.79 Å². The van der Waals surface area contributed by atoms with Gasteiger partial charge in [-0.2, -0.15) is 0 Å². The van der Waals surface area contributed by atoms with E-state index >= 15 is 0 Å². The van der Waals surface area contributed by atoms with Crippen LogP contribution in [0.2, 0.25) is 0 Å². The van der Waals surface area contributed by atoms with Crippen molar-refractivity contribution >= 4 is 32.8 Å². The third-order valence-corrected chi connectivity index (χ3v) is 2.55. The molecular formula is C10H7BrN2O2. The molecule has 0 aliphatic rings. The van der Waals surface area contributed by atoms with E-state index in [0.29, 0.717) is 10.1 Å². The second kappa shape index (κ2) is 3.94. The summed E-state index contributed by atoms with van der Waals surface area (Å²) < 4.78 is 5.18. The van der Waals surface area contributed by atoms with Crippen LogP contribution in [0.3, 0.4) is 0 Å². The van der Waals surface area contributed by atoms with Gasteiger partial charge < -0.3 is 4.74 Å². The van der Waals surface area contributed by atoms with E-state index in [-0.39, 0.29) is 5.69 Å². The summed E-state index contributed by atoms with van der Waals surface area (Å²) in [5.41, 5.74) is 0.954. The molecule has 0 saturated heterocycles. The van der Waals surface area contributed by atoms with E-state index in [2.05, 4.69) is 30.6 Å². The van der Waals surface area contributed by atoms with Gasteiger partial charge in [0.25, 0.3) is 0 Å². The largest absolute Gasteiger partial charge is 0.464 e. The molecule has 0 fully saturated rings. The zero-order valence-electron chi connectivity index (χ0n) is 7.90. The van der Waals surface area contributed by atoms with Crippen molar-refractivity contribution in [3.63, 3.8) is 0 Å². The Morgan fingerprint density at radius 2 is 2.33 bits per heavy atom. The maximum atomic E-state index is 11.3. The van der Waals surface area contributed by atoms with Gasteiger partial charge >= 0.3 is 5.97 Å². The highest BCUT2D eigenvalue weighted by molar-refractivity contribution is 9.10. The molecule has 0 spiro atoms. The summed E-state index contributed by atoms with van der Waals surface area (Å²) in [4.78, 5) is 19.5. The van der Waals surface area contributed by atoms with Crippen molar-refractivity contribution in [2.24, 2.45) is 0 Å². The third kappa shape index (κ3) is 1.83. The zero-order chi connectivity index (χ0) is 10.8. The molecular weight excluding hydrogens is 260 g/mol. The Hall–Kier alpha value is -1.49. The average molecular weight is 267 g/mol. The Morgan fingerprint density at radius 3 is 3.07 bits per heavy atom. The molecule has 2 rings (SSSR count). The number of carbonyl (C=O) groups is 1. The van der Waals surface area contributed by atoms with Gasteiger partial charge in [0, 0.05) is 11.6 Å². The lowest BCUT2D eigenvalue weighted by Crippen LogP contribution is -2.04. The molecule has 0 amide bonds. The molecule has 5 heteroatoms. The van der Waals surface area contributed by atoms with Crippen LogP contribution in [0.1, 0.15) is 10.5 Å². The van der Waals surface area contributed by atoms with Crippen LogP contribution < -0.4 is 0 Å². The fourth-order valence-electron chi connectivity index (χ4n) is 1.24. The molecule has 0 saturated carbocycles. The summed E-state index contributed by atoms with van der Waals surface area (Å²) in [5.74, 6) is -0.469. The van der Waals surface area contributed by atoms with Crippen LogP contribution in [0.5, 0.6) is 0 Å². The summed E-state index contributed by atoms with van der Waals surface area (Å²) in [5, 5.41) is 0.866. The van der Waals surface area contributed by atoms with Crippen molar-refractivity contribution in [3.05, 3.63) is 34.7 Å². The second-order valence-corrected chi connectivity index (χ2v) is 3.61. The van der Waals surface area contributed by atoms with Gasteiger partial charge in [-0.15, -0.1) is 0 Å². The molecule has 2 aromatic rings. The minimum Gasteiger partial charge on any atom is -0.464 e. The van der Waals surface area contributed by atoms with Crippen LogP contribution in [-0.4, -0.2) is 23.0 Å². The fraction of sp³-hybridized carbons (Fsp3) is 0.100. The molecule has 76 valence electrons. The molecule has 0 unspecified atom stereocenters. The highest BCUT2D eigenvalue weighted by Crippen LogP contribution is 2.21. The van der Waals surface area contributed by atoms with E-state index in [4.69, 9.17) is 0 Å². The SMILES string of the molecule is COC(=O)c1cc2ncccc2c(Br)n1. The first-order valence-corrected chi connectivity index (χ1v) is 5.01. The monoisotopic (exact) mass is 266 g/mol. The number of hydrogen-bond acceptors (Lipinski definition) is 4. The number of esters is 1. The van der Waals surface area contributed by atoms with Gasteiger partial charge in [0.15, 0.2) is 5.69 Å². The van der Waals surface area contributed by atoms with Gasteiger partial charge in [-0.3, -0.25) is 4.98 Å². The number of methoxy groups -OCH3 is 1. The molecule has 4 nitrogen and oxygen atoms in total. The number of pyridine rings is 2. The lowest BCUT2D eigenvalue weighted by molar-refractivity contribution is 0.0594. The van der Waals surface area contributed by atoms with Crippen molar-refractivity contribution in [1.29, 1.82) is 0 Å². The summed E-state index contributed by atoms with van der Waals surface area (Å²) >= 11 is 3.29. The first kappa shape index (κ1) is 10.0. The molecule has 0 atom stereocenters. The van der Waals surface area contributed by atoms with Gasteiger partial charge in [-0.05, 0) is 34.1 Å². The zero-order valence-corrected chi connectivity index (χ0v) is 9.48. The van der Waals surface area contributed by atoms with E-state index in [0.717, 1.165) is 5.39 Å². The Kier molecular flexibility index (Phi) is 2.64. The Bertz CT molecular complexity index is 528. The maximum Gasteiger partial charge on any atom is 0.356 e. The summed E-state index contributed by atoms with van der Waals surface area (Å²) in [6.45, 7) is 0. The first-order chi connectivity index (χ1) is 7.22. The maximum absolute atomic E-state index is 11.3. The highest BCUT2D eigenvalue weighted by Gasteiger charge is 2.11. The summed E-state index contributed by atoms with van der Waals surface area (Å²) in [7, 11) is 1.32. The van der Waals surface area contributed by atoms with Gasteiger partial charge in [-0.1, -0.05) is 0 Å². The first-order valence-electron chi connectivity index (χ1n) is 4.22. The van der Waals surface area contributed by atoms with Crippen molar-refractivity contribution in [2.75, 3.05) is 7.11 Å². The number of halogens is 1. The minimum atomic E-state index is -0.469. The number of carbonyl (C=O) groups excluding carboxylic acids is 1. The van der Waals surface area contributed by atoms with Gasteiger partial charge in [0.1, 0.15) is 4.60 Å². The van der Waals surface area contributed by atoms with Gasteiger partial charge in [0.05, 0.1) is 12.6 Å².